The maximum atomic E-state index is 11.4. The van der Waals surface area contributed by atoms with Crippen molar-refractivity contribution in [1.29, 1.82) is 0 Å². The number of carbonyl (C=O) groups excluding carboxylic acids is 1. The lowest BCUT2D eigenvalue weighted by atomic mass is 10.3. The number of anilines is 2. The summed E-state index contributed by atoms with van der Waals surface area (Å²) < 4.78 is 0. The van der Waals surface area contributed by atoms with E-state index in [4.69, 9.17) is 23.2 Å². The summed E-state index contributed by atoms with van der Waals surface area (Å²) in [5.41, 5.74) is 0. The van der Waals surface area contributed by atoms with Crippen LogP contribution in [0.4, 0.5) is 11.6 Å². The molecule has 1 aromatic heterocycles. The minimum atomic E-state index is -0.101. The van der Waals surface area contributed by atoms with Crippen LogP contribution < -0.4 is 15.5 Å². The van der Waals surface area contributed by atoms with Crippen molar-refractivity contribution < 1.29 is 4.79 Å². The van der Waals surface area contributed by atoms with E-state index in [1.54, 1.807) is 25.1 Å². The third kappa shape index (κ3) is 3.40. The van der Waals surface area contributed by atoms with E-state index >= 15 is 0 Å². The van der Waals surface area contributed by atoms with Gasteiger partial charge in [-0.1, -0.05) is 23.2 Å². The molecule has 0 aliphatic rings. The van der Waals surface area contributed by atoms with Gasteiger partial charge in [0.15, 0.2) is 0 Å². The Kier molecular flexibility index (Phi) is 5.50. The van der Waals surface area contributed by atoms with E-state index in [1.807, 2.05) is 6.92 Å². The normalized spacial score (nSPS) is 10.1. The van der Waals surface area contributed by atoms with Gasteiger partial charge in [-0.2, -0.15) is 0 Å². The van der Waals surface area contributed by atoms with E-state index in [2.05, 4.69) is 15.6 Å². The monoisotopic (exact) mass is 290 g/mol. The molecule has 1 amide bonds. The van der Waals surface area contributed by atoms with E-state index < -0.39 is 0 Å². The largest absolute Gasteiger partial charge is 0.372 e. The third-order valence-electron chi connectivity index (χ3n) is 2.44. The summed E-state index contributed by atoms with van der Waals surface area (Å²) in [6.07, 6.45) is 0. The van der Waals surface area contributed by atoms with Crippen LogP contribution in [0.15, 0.2) is 6.07 Å². The zero-order valence-electron chi connectivity index (χ0n) is 10.6. The van der Waals surface area contributed by atoms with E-state index in [1.165, 1.54) is 0 Å². The summed E-state index contributed by atoms with van der Waals surface area (Å²) >= 11 is 12.1. The third-order valence-corrected chi connectivity index (χ3v) is 3.01. The fourth-order valence-electron chi connectivity index (χ4n) is 1.44. The number of amides is 1. The number of pyridine rings is 1. The van der Waals surface area contributed by atoms with Gasteiger partial charge in [-0.25, -0.2) is 4.98 Å². The van der Waals surface area contributed by atoms with Gasteiger partial charge >= 0.3 is 0 Å². The molecule has 0 saturated heterocycles. The van der Waals surface area contributed by atoms with Gasteiger partial charge in [-0.05, 0) is 13.0 Å². The fraction of sp³-hybridized carbons (Fsp3) is 0.455. The molecule has 0 unspecified atom stereocenters. The zero-order chi connectivity index (χ0) is 13.7. The average molecular weight is 291 g/mol. The first-order valence-corrected chi connectivity index (χ1v) is 6.28. The second-order valence-electron chi connectivity index (χ2n) is 3.56. The van der Waals surface area contributed by atoms with Crippen LogP contribution >= 0.6 is 23.2 Å². The van der Waals surface area contributed by atoms with Crippen LogP contribution in [0.1, 0.15) is 6.92 Å². The highest BCUT2D eigenvalue weighted by Gasteiger charge is 2.16. The highest BCUT2D eigenvalue weighted by Crippen LogP contribution is 2.31. The number of nitrogens with one attached hydrogen (secondary N) is 2. The van der Waals surface area contributed by atoms with Crippen molar-refractivity contribution in [1.82, 2.24) is 10.3 Å². The Hall–Kier alpha value is -1.20. The SMILES string of the molecule is CCN(CC(=O)NC)c1nc(NC)c(Cl)cc1Cl. The molecule has 1 aromatic rings. The molecule has 0 fully saturated rings. The Bertz CT molecular complexity index is 439. The molecule has 2 N–H and O–H groups in total. The maximum absolute atomic E-state index is 11.4. The first-order valence-electron chi connectivity index (χ1n) is 5.52. The summed E-state index contributed by atoms with van der Waals surface area (Å²) in [7, 11) is 3.31. The Labute approximate surface area is 116 Å². The molecule has 0 saturated carbocycles. The van der Waals surface area contributed by atoms with Crippen molar-refractivity contribution in [2.45, 2.75) is 6.92 Å². The van der Waals surface area contributed by atoms with Gasteiger partial charge in [0.2, 0.25) is 5.91 Å². The average Bonchev–Trinajstić information content (AvgIpc) is 2.36. The Morgan fingerprint density at radius 1 is 1.39 bits per heavy atom. The van der Waals surface area contributed by atoms with Crippen LogP contribution in [0.25, 0.3) is 0 Å². The van der Waals surface area contributed by atoms with Crippen molar-refractivity contribution in [3.05, 3.63) is 16.1 Å². The van der Waals surface area contributed by atoms with Crippen LogP contribution in [0.5, 0.6) is 0 Å². The van der Waals surface area contributed by atoms with E-state index in [0.29, 0.717) is 28.2 Å². The smallest absolute Gasteiger partial charge is 0.239 e. The molecule has 0 spiro atoms. The standard InChI is InChI=1S/C11H16Cl2N4O/c1-4-17(6-9(18)14-2)11-8(13)5-7(12)10(15-3)16-11/h5H,4,6H2,1-3H3,(H,14,18)(H,15,16). The Morgan fingerprint density at radius 2 is 2.06 bits per heavy atom. The van der Waals surface area contributed by atoms with Crippen LogP contribution in [0.3, 0.4) is 0 Å². The zero-order valence-corrected chi connectivity index (χ0v) is 12.1. The van der Waals surface area contributed by atoms with Gasteiger partial charge in [0, 0.05) is 20.6 Å². The number of aromatic nitrogens is 1. The molecular weight excluding hydrogens is 275 g/mol. The minimum absolute atomic E-state index is 0.101. The van der Waals surface area contributed by atoms with Gasteiger partial charge in [0.1, 0.15) is 11.6 Å². The van der Waals surface area contributed by atoms with Gasteiger partial charge in [0.05, 0.1) is 16.6 Å². The lowest BCUT2D eigenvalue weighted by Crippen LogP contribution is -2.36. The molecule has 0 aromatic carbocycles. The first-order chi connectivity index (χ1) is 8.53. The quantitative estimate of drug-likeness (QED) is 0.871. The molecule has 0 bridgehead atoms. The van der Waals surface area contributed by atoms with E-state index in [0.717, 1.165) is 0 Å². The van der Waals surface area contributed by atoms with Crippen LogP contribution in [-0.2, 0) is 4.79 Å². The van der Waals surface area contributed by atoms with Crippen molar-refractivity contribution in [3.8, 4) is 0 Å². The molecule has 7 heteroatoms. The summed E-state index contributed by atoms with van der Waals surface area (Å²) in [5.74, 6) is 0.971. The van der Waals surface area contributed by atoms with Crippen LogP contribution in [0, 0.1) is 0 Å². The summed E-state index contributed by atoms with van der Waals surface area (Å²) in [6, 6.07) is 1.61. The molecule has 1 heterocycles. The molecule has 1 rings (SSSR count). The topological polar surface area (TPSA) is 57.3 Å². The van der Waals surface area contributed by atoms with Crippen LogP contribution in [0.2, 0.25) is 10.0 Å². The Morgan fingerprint density at radius 3 is 2.56 bits per heavy atom. The number of hydrogen-bond donors (Lipinski definition) is 2. The van der Waals surface area contributed by atoms with Crippen molar-refractivity contribution >= 4 is 40.7 Å². The van der Waals surface area contributed by atoms with E-state index in [9.17, 15) is 4.79 Å². The summed E-state index contributed by atoms with van der Waals surface area (Å²) in [6.45, 7) is 2.74. The second-order valence-corrected chi connectivity index (χ2v) is 4.38. The molecule has 0 aliphatic heterocycles. The van der Waals surface area contributed by atoms with E-state index in [-0.39, 0.29) is 12.5 Å². The highest BCUT2D eigenvalue weighted by molar-refractivity contribution is 6.37. The molecule has 100 valence electrons. The number of carbonyl (C=O) groups is 1. The first kappa shape index (κ1) is 14.9. The fourth-order valence-corrected chi connectivity index (χ4v) is 2.02. The Balaban J connectivity index is 3.08. The number of halogens is 2. The van der Waals surface area contributed by atoms with Crippen molar-refractivity contribution in [2.24, 2.45) is 0 Å². The molecule has 0 atom stereocenters. The maximum Gasteiger partial charge on any atom is 0.239 e. The lowest BCUT2D eigenvalue weighted by Gasteiger charge is -2.22. The van der Waals surface area contributed by atoms with Crippen molar-refractivity contribution in [2.75, 3.05) is 37.4 Å². The van der Waals surface area contributed by atoms with Crippen molar-refractivity contribution in [3.63, 3.8) is 0 Å². The lowest BCUT2D eigenvalue weighted by molar-refractivity contribution is -0.119. The number of nitrogens with zero attached hydrogens (tertiary/aromatic N) is 2. The van der Waals surface area contributed by atoms with Crippen LogP contribution in [-0.4, -0.2) is 38.1 Å². The highest BCUT2D eigenvalue weighted by atomic mass is 35.5. The molecule has 5 nitrogen and oxygen atoms in total. The number of hydrogen-bond acceptors (Lipinski definition) is 4. The minimum Gasteiger partial charge on any atom is -0.372 e. The predicted molar refractivity (Wildman–Crippen MR) is 75.8 cm³/mol. The van der Waals surface area contributed by atoms with Gasteiger partial charge < -0.3 is 15.5 Å². The number of rotatable bonds is 5. The summed E-state index contributed by atoms with van der Waals surface area (Å²) in [4.78, 5) is 17.5. The molecule has 18 heavy (non-hydrogen) atoms. The molecular formula is C11H16Cl2N4O. The van der Waals surface area contributed by atoms with Gasteiger partial charge in [-0.15, -0.1) is 0 Å². The number of likely N-dealkylation sites (N-methyl/N-ethyl adjacent to an activating group) is 2. The van der Waals surface area contributed by atoms with Gasteiger partial charge in [0.25, 0.3) is 0 Å². The summed E-state index contributed by atoms with van der Waals surface area (Å²) in [5, 5.41) is 6.31. The second kappa shape index (κ2) is 6.66. The molecule has 0 radical (unpaired) electrons. The predicted octanol–water partition coefficient (Wildman–Crippen LogP) is 2.00. The van der Waals surface area contributed by atoms with Gasteiger partial charge in [-0.3, -0.25) is 4.79 Å². The molecule has 0 aliphatic carbocycles.